The Morgan fingerprint density at radius 3 is 2.70 bits per heavy atom. The van der Waals surface area contributed by atoms with Crippen molar-refractivity contribution in [3.63, 3.8) is 0 Å². The lowest BCUT2D eigenvalue weighted by atomic mass is 9.40. The van der Waals surface area contributed by atoms with Gasteiger partial charge in [-0.1, -0.05) is 12.0 Å². The molecule has 9 nitrogen and oxygen atoms in total. The molecule has 4 atom stereocenters. The molecule has 2 saturated carbocycles. The molecule has 0 radical (unpaired) electrons. The molecule has 1 N–H and O–H groups in total. The van der Waals surface area contributed by atoms with E-state index in [1.807, 2.05) is 4.90 Å². The molecular weight excluding hydrogens is 697 g/mol. The number of hydrogen-bond donors (Lipinski definition) is 1. The molecule has 2 aliphatic carbocycles. The third kappa shape index (κ3) is 5.17. The van der Waals surface area contributed by atoms with Gasteiger partial charge in [0.25, 0.3) is 0 Å². The molecule has 276 valence electrons. The highest BCUT2D eigenvalue weighted by Gasteiger charge is 2.67. The summed E-state index contributed by atoms with van der Waals surface area (Å²) in [5.41, 5.74) is -1.45. The second-order valence-electron chi connectivity index (χ2n) is 15.6. The molecule has 2 aromatic heterocycles. The van der Waals surface area contributed by atoms with Crippen LogP contribution in [0.25, 0.3) is 32.9 Å². The Bertz CT molecular complexity index is 2230. The van der Waals surface area contributed by atoms with Gasteiger partial charge in [0.05, 0.1) is 16.5 Å². The van der Waals surface area contributed by atoms with Gasteiger partial charge in [-0.25, -0.2) is 8.78 Å². The zero-order chi connectivity index (χ0) is 37.0. The Hall–Kier alpha value is -4.61. The first-order chi connectivity index (χ1) is 25.3. The second kappa shape index (κ2) is 11.9. The summed E-state index contributed by atoms with van der Waals surface area (Å²) in [4.78, 5) is 30.6. The minimum Gasteiger partial charge on any atom is -0.508 e. The van der Waals surface area contributed by atoms with E-state index < -0.39 is 40.8 Å². The second-order valence-corrected chi connectivity index (χ2v) is 15.6. The Balaban J connectivity index is 1.17. The van der Waals surface area contributed by atoms with Crippen molar-refractivity contribution in [2.75, 3.05) is 38.3 Å². The maximum absolute atomic E-state index is 17.1. The number of nitrogens with zero attached hydrogens (tertiary/aromatic N) is 5. The third-order valence-electron chi connectivity index (χ3n) is 12.7. The number of carbonyl (C=O) groups is 1. The van der Waals surface area contributed by atoms with E-state index >= 15 is 4.39 Å². The van der Waals surface area contributed by atoms with Crippen molar-refractivity contribution >= 4 is 33.3 Å². The van der Waals surface area contributed by atoms with Crippen molar-refractivity contribution in [3.05, 3.63) is 47.7 Å². The number of aromatic nitrogens is 3. The van der Waals surface area contributed by atoms with Gasteiger partial charge < -0.3 is 19.5 Å². The molecule has 7 fully saturated rings. The van der Waals surface area contributed by atoms with Crippen LogP contribution in [0.4, 0.5) is 27.8 Å². The van der Waals surface area contributed by atoms with E-state index in [1.165, 1.54) is 30.5 Å². The van der Waals surface area contributed by atoms with Crippen molar-refractivity contribution < 1.29 is 41.3 Å². The highest BCUT2D eigenvalue weighted by Crippen LogP contribution is 2.67. The van der Waals surface area contributed by atoms with Crippen LogP contribution < -0.4 is 9.64 Å². The van der Waals surface area contributed by atoms with Gasteiger partial charge in [-0.15, -0.1) is 6.42 Å². The first-order valence-electron chi connectivity index (χ1n) is 17.9. The molecule has 3 bridgehead atoms. The highest BCUT2D eigenvalue weighted by atomic mass is 19.4. The fourth-order valence-corrected chi connectivity index (χ4v) is 10.6. The number of halogens is 5. The van der Waals surface area contributed by atoms with Gasteiger partial charge in [0.1, 0.15) is 41.4 Å². The van der Waals surface area contributed by atoms with Gasteiger partial charge >= 0.3 is 12.2 Å². The maximum atomic E-state index is 17.1. The number of rotatable bonds is 7. The summed E-state index contributed by atoms with van der Waals surface area (Å²) in [6.07, 6.45) is 7.00. The van der Waals surface area contributed by atoms with Crippen LogP contribution >= 0.6 is 0 Å². The first-order valence-corrected chi connectivity index (χ1v) is 17.9. The fourth-order valence-electron chi connectivity index (χ4n) is 10.6. The zero-order valence-electron chi connectivity index (χ0n) is 28.8. The minimum absolute atomic E-state index is 0.0115. The predicted octanol–water partition coefficient (Wildman–Crippen LogP) is 6.77. The number of Topliss-reactive ketones (excluding diaryl/α,β-unsaturated/α-hetero) is 1. The summed E-state index contributed by atoms with van der Waals surface area (Å²) in [5, 5.41) is 11.4. The van der Waals surface area contributed by atoms with Crippen molar-refractivity contribution in [2.24, 2.45) is 23.2 Å². The van der Waals surface area contributed by atoms with Crippen molar-refractivity contribution in [1.29, 1.82) is 0 Å². The molecule has 1 spiro atoms. The molecule has 5 saturated heterocycles. The van der Waals surface area contributed by atoms with Crippen molar-refractivity contribution in [3.8, 4) is 35.4 Å². The van der Waals surface area contributed by atoms with Crippen LogP contribution in [0, 0.1) is 47.1 Å². The highest BCUT2D eigenvalue weighted by molar-refractivity contribution is 6.03. The van der Waals surface area contributed by atoms with Gasteiger partial charge in [-0.3, -0.25) is 14.7 Å². The molecular formula is C39H36F5N5O4. The van der Waals surface area contributed by atoms with E-state index in [4.69, 9.17) is 20.9 Å². The molecule has 7 heterocycles. The normalized spacial score (nSPS) is 29.3. The zero-order valence-corrected chi connectivity index (χ0v) is 28.8. The number of phenolic OH excluding ortho intramolecular Hbond substituents is 1. The Labute approximate surface area is 301 Å². The fraction of sp³-hybridized carbons (Fsp3) is 0.487. The molecule has 0 amide bonds. The monoisotopic (exact) mass is 733 g/mol. The number of alkyl halides is 3. The quantitative estimate of drug-likeness (QED) is 0.163. The summed E-state index contributed by atoms with van der Waals surface area (Å²) in [5.74, 6) is -2.63. The van der Waals surface area contributed by atoms with E-state index in [0.29, 0.717) is 31.2 Å². The number of terminal acetylenes is 1. The molecule has 2 aromatic carbocycles. The van der Waals surface area contributed by atoms with Crippen LogP contribution in [-0.2, 0) is 9.53 Å². The average Bonchev–Trinajstić information content (AvgIpc) is 3.65. The Morgan fingerprint density at radius 2 is 1.94 bits per heavy atom. The predicted molar refractivity (Wildman–Crippen MR) is 184 cm³/mol. The topological polar surface area (TPSA) is 101 Å². The number of hydrogen-bond acceptors (Lipinski definition) is 9. The van der Waals surface area contributed by atoms with Crippen molar-refractivity contribution in [1.82, 2.24) is 19.9 Å². The number of carbonyl (C=O) groups excluding carboxylic acids is 1. The first kappa shape index (κ1) is 34.2. The van der Waals surface area contributed by atoms with Crippen LogP contribution in [0.5, 0.6) is 11.8 Å². The molecule has 7 aliphatic rings. The Morgan fingerprint density at radius 1 is 1.13 bits per heavy atom. The Kier molecular flexibility index (Phi) is 7.70. The summed E-state index contributed by atoms with van der Waals surface area (Å²) < 4.78 is 85.5. The van der Waals surface area contributed by atoms with E-state index in [2.05, 4.69) is 20.8 Å². The molecule has 4 aromatic rings. The van der Waals surface area contributed by atoms with E-state index in [-0.39, 0.29) is 81.5 Å². The van der Waals surface area contributed by atoms with Gasteiger partial charge in [0, 0.05) is 49.8 Å². The lowest BCUT2D eigenvalue weighted by Crippen LogP contribution is -2.66. The molecule has 4 unspecified atom stereocenters. The molecule has 5 aliphatic heterocycles. The van der Waals surface area contributed by atoms with E-state index in [0.717, 1.165) is 32.2 Å². The summed E-state index contributed by atoms with van der Waals surface area (Å²) in [6.45, 7) is 1.59. The summed E-state index contributed by atoms with van der Waals surface area (Å²) in [7, 11) is 1.67. The number of aromatic hydroxyl groups is 1. The van der Waals surface area contributed by atoms with E-state index in [9.17, 15) is 27.5 Å². The molecule has 53 heavy (non-hydrogen) atoms. The maximum Gasteiger partial charge on any atom is 0.450 e. The number of ketones is 1. The van der Waals surface area contributed by atoms with Crippen molar-refractivity contribution in [2.45, 2.75) is 62.9 Å². The number of ether oxygens (including phenoxy) is 2. The van der Waals surface area contributed by atoms with Gasteiger partial charge in [-0.2, -0.15) is 23.1 Å². The van der Waals surface area contributed by atoms with Crippen LogP contribution in [0.15, 0.2) is 30.5 Å². The lowest BCUT2D eigenvalue weighted by Gasteiger charge is -2.66. The minimum atomic E-state index is -4.94. The number of methoxy groups -OCH3 is 1. The SMILES string of the molecule is C#Cc1c(F)ccc2cc(O)cc(-c3ncc4c(N5CC6CC7(C6)CC(C5)C7C(=O)C(F)(F)F)nc(OCC56CCCN5C(OC)CC6)nc4c3F)c12. The number of phenols is 1. The summed E-state index contributed by atoms with van der Waals surface area (Å²) in [6, 6.07) is 5.12. The smallest absolute Gasteiger partial charge is 0.450 e. The van der Waals surface area contributed by atoms with Gasteiger partial charge in [0.2, 0.25) is 5.78 Å². The summed E-state index contributed by atoms with van der Waals surface area (Å²) >= 11 is 0. The van der Waals surface area contributed by atoms with E-state index in [1.54, 1.807) is 7.11 Å². The standard InChI is InChI=1S/C39H36F5N5O4/c1-3-24-27(40)6-5-21-11-23(50)12-25(29(21)24)32-31(41)33-26(16-45-32)35(47-36(46-33)53-19-38-8-4-10-49(38)28(52-2)7-9-38)48-17-20-13-37(14-20)15-22(18-48)30(37)34(51)39(42,43)44/h1,5-6,11-12,16,20,22,28,30,50H,4,7-10,13-15,17-19H2,2H3. The largest absolute Gasteiger partial charge is 0.508 e. The molecule has 14 heteroatoms. The average molecular weight is 734 g/mol. The number of fused-ring (bicyclic) bond motifs is 3. The number of benzene rings is 2. The lowest BCUT2D eigenvalue weighted by molar-refractivity contribution is -0.208. The molecule has 11 rings (SSSR count). The number of anilines is 1. The van der Waals surface area contributed by atoms with Crippen LogP contribution in [0.2, 0.25) is 0 Å². The van der Waals surface area contributed by atoms with Crippen LogP contribution in [0.3, 0.4) is 0 Å². The van der Waals surface area contributed by atoms with Crippen LogP contribution in [-0.4, -0.2) is 82.0 Å². The van der Waals surface area contributed by atoms with Crippen LogP contribution in [0.1, 0.15) is 50.5 Å². The number of pyridine rings is 1. The van der Waals surface area contributed by atoms with Gasteiger partial charge in [-0.05, 0) is 85.8 Å². The third-order valence-corrected chi connectivity index (χ3v) is 12.7. The van der Waals surface area contributed by atoms with Gasteiger partial charge in [0.15, 0.2) is 5.82 Å².